The molecule has 0 fully saturated rings. The molecule has 0 saturated carbocycles. The van der Waals surface area contributed by atoms with Crippen LogP contribution in [-0.4, -0.2) is 36.3 Å². The van der Waals surface area contributed by atoms with Crippen LogP contribution in [0.15, 0.2) is 59.9 Å². The molecule has 0 unspecified atom stereocenters. The normalized spacial score (nSPS) is 11.5. The highest BCUT2D eigenvalue weighted by molar-refractivity contribution is 7.89. The molecular formula is C19H22N4O3S. The van der Waals surface area contributed by atoms with Gasteiger partial charge in [0.2, 0.25) is 10.0 Å². The standard InChI is InChI=1S/C19H22N4O3S/c1-3-26-18-5-4-15(2)14-19(18)27(24,25)21-11-13-23-12-8-17(22-23)16-6-9-20-10-7-16/h4-10,12,14,21H,3,11,13H2,1-2H3. The van der Waals surface area contributed by atoms with Crippen molar-refractivity contribution in [2.45, 2.75) is 25.3 Å². The first-order chi connectivity index (χ1) is 13.0. The minimum atomic E-state index is -3.68. The van der Waals surface area contributed by atoms with Crippen LogP contribution in [0.4, 0.5) is 0 Å². The van der Waals surface area contributed by atoms with Crippen LogP contribution >= 0.6 is 0 Å². The minimum absolute atomic E-state index is 0.155. The highest BCUT2D eigenvalue weighted by atomic mass is 32.2. The van der Waals surface area contributed by atoms with Gasteiger partial charge in [-0.15, -0.1) is 0 Å². The number of nitrogens with one attached hydrogen (secondary N) is 1. The Bertz CT molecular complexity index is 1000. The van der Waals surface area contributed by atoms with Gasteiger partial charge in [0, 0.05) is 30.7 Å². The molecule has 2 aromatic heterocycles. The Kier molecular flexibility index (Phi) is 5.88. The fourth-order valence-electron chi connectivity index (χ4n) is 2.64. The molecule has 3 aromatic rings. The van der Waals surface area contributed by atoms with Crippen LogP contribution in [-0.2, 0) is 16.6 Å². The van der Waals surface area contributed by atoms with E-state index < -0.39 is 10.0 Å². The van der Waals surface area contributed by atoms with Gasteiger partial charge in [-0.05, 0) is 49.7 Å². The Morgan fingerprint density at radius 2 is 1.93 bits per heavy atom. The van der Waals surface area contributed by atoms with E-state index in [-0.39, 0.29) is 11.4 Å². The Morgan fingerprint density at radius 3 is 2.67 bits per heavy atom. The first kappa shape index (κ1) is 19.1. The van der Waals surface area contributed by atoms with E-state index in [0.717, 1.165) is 16.8 Å². The van der Waals surface area contributed by atoms with Gasteiger partial charge in [-0.3, -0.25) is 9.67 Å². The van der Waals surface area contributed by atoms with Gasteiger partial charge in [0.25, 0.3) is 0 Å². The number of rotatable bonds is 8. The lowest BCUT2D eigenvalue weighted by atomic mass is 10.2. The molecule has 7 nitrogen and oxygen atoms in total. The topological polar surface area (TPSA) is 86.1 Å². The summed E-state index contributed by atoms with van der Waals surface area (Å²) >= 11 is 0. The zero-order valence-corrected chi connectivity index (χ0v) is 16.1. The summed E-state index contributed by atoms with van der Waals surface area (Å²) in [6.45, 7) is 4.71. The number of aryl methyl sites for hydroxylation is 1. The van der Waals surface area contributed by atoms with E-state index in [0.29, 0.717) is 18.9 Å². The maximum absolute atomic E-state index is 12.7. The number of aromatic nitrogens is 3. The second-order valence-electron chi connectivity index (χ2n) is 5.98. The Balaban J connectivity index is 1.67. The van der Waals surface area contributed by atoms with Crippen molar-refractivity contribution < 1.29 is 13.2 Å². The third-order valence-electron chi connectivity index (χ3n) is 3.94. The highest BCUT2D eigenvalue weighted by Gasteiger charge is 2.19. The van der Waals surface area contributed by atoms with Gasteiger partial charge in [0.1, 0.15) is 10.6 Å². The molecule has 0 amide bonds. The summed E-state index contributed by atoms with van der Waals surface area (Å²) in [4.78, 5) is 4.14. The third kappa shape index (κ3) is 4.72. The molecular weight excluding hydrogens is 364 g/mol. The van der Waals surface area contributed by atoms with E-state index >= 15 is 0 Å². The molecule has 27 heavy (non-hydrogen) atoms. The average Bonchev–Trinajstić information content (AvgIpc) is 3.13. The van der Waals surface area contributed by atoms with E-state index in [9.17, 15) is 8.42 Å². The van der Waals surface area contributed by atoms with Crippen LogP contribution in [0.25, 0.3) is 11.3 Å². The molecule has 0 atom stereocenters. The zero-order chi connectivity index (χ0) is 19.3. The smallest absolute Gasteiger partial charge is 0.244 e. The molecule has 1 aromatic carbocycles. The van der Waals surface area contributed by atoms with Gasteiger partial charge < -0.3 is 4.74 Å². The summed E-state index contributed by atoms with van der Waals surface area (Å²) < 4.78 is 35.1. The van der Waals surface area contributed by atoms with Crippen LogP contribution < -0.4 is 9.46 Å². The van der Waals surface area contributed by atoms with Crippen molar-refractivity contribution in [2.24, 2.45) is 0 Å². The van der Waals surface area contributed by atoms with E-state index in [1.165, 1.54) is 0 Å². The molecule has 2 heterocycles. The van der Waals surface area contributed by atoms with Crippen LogP contribution in [0.1, 0.15) is 12.5 Å². The Morgan fingerprint density at radius 1 is 1.15 bits per heavy atom. The quantitative estimate of drug-likeness (QED) is 0.643. The maximum atomic E-state index is 12.7. The summed E-state index contributed by atoms with van der Waals surface area (Å²) in [5.74, 6) is 0.356. The van der Waals surface area contributed by atoms with Gasteiger partial charge in [0.05, 0.1) is 18.8 Å². The molecule has 0 aliphatic carbocycles. The molecule has 0 saturated heterocycles. The fraction of sp³-hybridized carbons (Fsp3) is 0.263. The number of hydrogen-bond acceptors (Lipinski definition) is 5. The average molecular weight is 386 g/mol. The summed E-state index contributed by atoms with van der Waals surface area (Å²) in [6.07, 6.45) is 5.24. The monoisotopic (exact) mass is 386 g/mol. The number of nitrogens with zero attached hydrogens (tertiary/aromatic N) is 3. The number of ether oxygens (including phenoxy) is 1. The summed E-state index contributed by atoms with van der Waals surface area (Å²) in [6, 6.07) is 10.8. The van der Waals surface area contributed by atoms with Crippen LogP contribution in [0, 0.1) is 6.92 Å². The van der Waals surface area contributed by atoms with Gasteiger partial charge in [-0.25, -0.2) is 13.1 Å². The summed E-state index contributed by atoms with van der Waals surface area (Å²) in [7, 11) is -3.68. The minimum Gasteiger partial charge on any atom is -0.492 e. The lowest BCUT2D eigenvalue weighted by molar-refractivity contribution is 0.331. The van der Waals surface area contributed by atoms with Crippen molar-refractivity contribution in [2.75, 3.05) is 13.2 Å². The van der Waals surface area contributed by atoms with Crippen LogP contribution in [0.5, 0.6) is 5.75 Å². The van der Waals surface area contributed by atoms with Gasteiger partial charge in [0.15, 0.2) is 0 Å². The number of sulfonamides is 1. The van der Waals surface area contributed by atoms with E-state index in [4.69, 9.17) is 4.74 Å². The molecule has 1 N–H and O–H groups in total. The van der Waals surface area contributed by atoms with E-state index in [1.807, 2.05) is 44.3 Å². The van der Waals surface area contributed by atoms with Gasteiger partial charge >= 0.3 is 0 Å². The maximum Gasteiger partial charge on any atom is 0.244 e. The summed E-state index contributed by atoms with van der Waals surface area (Å²) in [5.41, 5.74) is 2.64. The molecule has 0 bridgehead atoms. The second-order valence-corrected chi connectivity index (χ2v) is 7.72. The Hall–Kier alpha value is -2.71. The molecule has 142 valence electrons. The van der Waals surface area contributed by atoms with Crippen molar-refractivity contribution in [1.29, 1.82) is 0 Å². The lowest BCUT2D eigenvalue weighted by Crippen LogP contribution is -2.28. The van der Waals surface area contributed by atoms with E-state index in [1.54, 1.807) is 29.2 Å². The SMILES string of the molecule is CCOc1ccc(C)cc1S(=O)(=O)NCCn1ccc(-c2ccncc2)n1. The predicted molar refractivity (Wildman–Crippen MR) is 103 cm³/mol. The van der Waals surface area contributed by atoms with Crippen molar-refractivity contribution >= 4 is 10.0 Å². The van der Waals surface area contributed by atoms with Gasteiger partial charge in [-0.1, -0.05) is 6.07 Å². The third-order valence-corrected chi connectivity index (χ3v) is 5.42. The molecule has 0 spiro atoms. The first-order valence-electron chi connectivity index (χ1n) is 8.66. The predicted octanol–water partition coefficient (Wildman–Crippen LogP) is 2.63. The van der Waals surface area contributed by atoms with Crippen LogP contribution in [0.2, 0.25) is 0 Å². The van der Waals surface area contributed by atoms with Gasteiger partial charge in [-0.2, -0.15) is 5.10 Å². The zero-order valence-electron chi connectivity index (χ0n) is 15.3. The van der Waals surface area contributed by atoms with Crippen molar-refractivity contribution in [3.8, 4) is 17.0 Å². The molecule has 3 rings (SSSR count). The molecule has 0 aliphatic heterocycles. The molecule has 0 aliphatic rings. The number of pyridine rings is 1. The highest BCUT2D eigenvalue weighted by Crippen LogP contribution is 2.25. The van der Waals surface area contributed by atoms with Crippen LogP contribution in [0.3, 0.4) is 0 Å². The second kappa shape index (κ2) is 8.32. The lowest BCUT2D eigenvalue weighted by Gasteiger charge is -2.12. The first-order valence-corrected chi connectivity index (χ1v) is 10.1. The summed E-state index contributed by atoms with van der Waals surface area (Å²) in [5, 5.41) is 4.46. The van der Waals surface area contributed by atoms with Crippen molar-refractivity contribution in [3.63, 3.8) is 0 Å². The largest absolute Gasteiger partial charge is 0.492 e. The van der Waals surface area contributed by atoms with E-state index in [2.05, 4.69) is 14.8 Å². The molecule has 8 heteroatoms. The van der Waals surface area contributed by atoms with Crippen molar-refractivity contribution in [1.82, 2.24) is 19.5 Å². The number of benzene rings is 1. The Labute approximate surface area is 159 Å². The van der Waals surface area contributed by atoms with Crippen molar-refractivity contribution in [3.05, 3.63) is 60.6 Å². The number of hydrogen-bond donors (Lipinski definition) is 1. The fourth-order valence-corrected chi connectivity index (χ4v) is 3.88. The molecule has 0 radical (unpaired) electrons.